The van der Waals surface area contributed by atoms with Gasteiger partial charge in [0.1, 0.15) is 0 Å². The summed E-state index contributed by atoms with van der Waals surface area (Å²) >= 11 is 0. The van der Waals surface area contributed by atoms with Crippen molar-refractivity contribution in [1.29, 1.82) is 0 Å². The van der Waals surface area contributed by atoms with Crippen LogP contribution in [0.2, 0.25) is 0 Å². The molecular weight excluding hydrogens is 238 g/mol. The Morgan fingerprint density at radius 2 is 1.74 bits per heavy atom. The number of likely N-dealkylation sites (N-methyl/N-ethyl adjacent to an activating group) is 1. The predicted molar refractivity (Wildman–Crippen MR) is 79.3 cm³/mol. The lowest BCUT2D eigenvalue weighted by Crippen LogP contribution is -2.34. The second-order valence-corrected chi connectivity index (χ2v) is 5.56. The molecule has 3 heteroatoms. The molecule has 0 aliphatic heterocycles. The van der Waals surface area contributed by atoms with Crippen LogP contribution in [0.4, 0.5) is 0 Å². The highest BCUT2D eigenvalue weighted by Crippen LogP contribution is 2.19. The Hall–Kier alpha value is -0.900. The largest absolute Gasteiger partial charge is 0.389 e. The van der Waals surface area contributed by atoms with Gasteiger partial charge in [-0.3, -0.25) is 4.90 Å². The summed E-state index contributed by atoms with van der Waals surface area (Å²) < 4.78 is 5.43. The van der Waals surface area contributed by atoms with E-state index in [1.165, 1.54) is 11.1 Å². The molecule has 1 rings (SSSR count). The predicted octanol–water partition coefficient (Wildman–Crippen LogP) is 2.77. The lowest BCUT2D eigenvalue weighted by Gasteiger charge is -2.27. The van der Waals surface area contributed by atoms with Crippen LogP contribution in [0.1, 0.15) is 37.9 Å². The standard InChI is InChI=1S/C16H27NO2/c1-12(2)19-11-16(18)10-17(5)14(4)15-8-6-13(3)7-9-15/h6-9,12,14,16,18H,10-11H2,1-5H3. The van der Waals surface area contributed by atoms with Gasteiger partial charge >= 0.3 is 0 Å². The van der Waals surface area contributed by atoms with Crippen molar-refractivity contribution in [3.05, 3.63) is 35.4 Å². The third kappa shape index (κ3) is 5.72. The lowest BCUT2D eigenvalue weighted by atomic mass is 10.1. The van der Waals surface area contributed by atoms with E-state index in [4.69, 9.17) is 4.74 Å². The van der Waals surface area contributed by atoms with Crippen LogP contribution in [0.25, 0.3) is 0 Å². The zero-order chi connectivity index (χ0) is 14.4. The Morgan fingerprint density at radius 1 is 1.16 bits per heavy atom. The molecule has 0 aliphatic rings. The van der Waals surface area contributed by atoms with Crippen molar-refractivity contribution < 1.29 is 9.84 Å². The van der Waals surface area contributed by atoms with Crippen molar-refractivity contribution >= 4 is 0 Å². The highest BCUT2D eigenvalue weighted by Gasteiger charge is 2.15. The third-order valence-corrected chi connectivity index (χ3v) is 3.34. The zero-order valence-corrected chi connectivity index (χ0v) is 12.8. The number of nitrogens with zero attached hydrogens (tertiary/aromatic N) is 1. The molecule has 0 saturated heterocycles. The summed E-state index contributed by atoms with van der Waals surface area (Å²) in [4.78, 5) is 2.15. The van der Waals surface area contributed by atoms with Crippen LogP contribution >= 0.6 is 0 Å². The molecule has 0 radical (unpaired) electrons. The average molecular weight is 265 g/mol. The Labute approximate surface area is 117 Å². The first-order valence-electron chi connectivity index (χ1n) is 6.96. The van der Waals surface area contributed by atoms with Crippen LogP contribution in [-0.4, -0.2) is 42.4 Å². The average Bonchev–Trinajstić information content (AvgIpc) is 2.36. The topological polar surface area (TPSA) is 32.7 Å². The molecule has 1 aromatic rings. The second kappa shape index (κ2) is 7.63. The van der Waals surface area contributed by atoms with Crippen LogP contribution in [0.15, 0.2) is 24.3 Å². The highest BCUT2D eigenvalue weighted by molar-refractivity contribution is 5.23. The van der Waals surface area contributed by atoms with Crippen molar-refractivity contribution in [2.45, 2.75) is 45.9 Å². The molecule has 2 unspecified atom stereocenters. The summed E-state index contributed by atoms with van der Waals surface area (Å²) in [5.41, 5.74) is 2.54. The van der Waals surface area contributed by atoms with E-state index < -0.39 is 6.10 Å². The summed E-state index contributed by atoms with van der Waals surface area (Å²) in [6, 6.07) is 8.83. The molecule has 0 fully saturated rings. The fourth-order valence-electron chi connectivity index (χ4n) is 1.95. The van der Waals surface area contributed by atoms with Gasteiger partial charge in [0.15, 0.2) is 0 Å². The number of hydrogen-bond acceptors (Lipinski definition) is 3. The van der Waals surface area contributed by atoms with Gasteiger partial charge in [-0.15, -0.1) is 0 Å². The molecule has 0 heterocycles. The van der Waals surface area contributed by atoms with Crippen molar-refractivity contribution in [3.8, 4) is 0 Å². The SMILES string of the molecule is Cc1ccc(C(C)N(C)CC(O)COC(C)C)cc1. The number of rotatable bonds is 7. The number of aryl methyl sites for hydroxylation is 1. The van der Waals surface area contributed by atoms with E-state index in [2.05, 4.69) is 43.0 Å². The highest BCUT2D eigenvalue weighted by atomic mass is 16.5. The minimum atomic E-state index is -0.444. The fourth-order valence-corrected chi connectivity index (χ4v) is 1.95. The number of aliphatic hydroxyl groups is 1. The van der Waals surface area contributed by atoms with E-state index in [9.17, 15) is 5.11 Å². The van der Waals surface area contributed by atoms with Gasteiger partial charge in [0.25, 0.3) is 0 Å². The van der Waals surface area contributed by atoms with Gasteiger partial charge in [-0.1, -0.05) is 29.8 Å². The summed E-state index contributed by atoms with van der Waals surface area (Å²) in [6.45, 7) is 9.20. The molecule has 1 N–H and O–H groups in total. The smallest absolute Gasteiger partial charge is 0.0900 e. The van der Waals surface area contributed by atoms with Gasteiger partial charge in [-0.05, 0) is 40.3 Å². The molecule has 3 nitrogen and oxygen atoms in total. The minimum absolute atomic E-state index is 0.162. The van der Waals surface area contributed by atoms with Crippen LogP contribution in [0.3, 0.4) is 0 Å². The molecule has 108 valence electrons. The summed E-state index contributed by atoms with van der Waals surface area (Å²) in [7, 11) is 2.03. The minimum Gasteiger partial charge on any atom is -0.389 e. The lowest BCUT2D eigenvalue weighted by molar-refractivity contribution is -0.00949. The molecule has 0 aromatic heterocycles. The van der Waals surface area contributed by atoms with E-state index in [-0.39, 0.29) is 12.1 Å². The Bertz CT molecular complexity index is 362. The van der Waals surface area contributed by atoms with E-state index in [0.717, 1.165) is 0 Å². The second-order valence-electron chi connectivity index (χ2n) is 5.56. The van der Waals surface area contributed by atoms with E-state index in [1.807, 2.05) is 20.9 Å². The molecular formula is C16H27NO2. The number of hydrogen-bond donors (Lipinski definition) is 1. The first-order valence-corrected chi connectivity index (χ1v) is 6.96. The molecule has 0 amide bonds. The van der Waals surface area contributed by atoms with Gasteiger partial charge in [-0.25, -0.2) is 0 Å². The number of aliphatic hydroxyl groups excluding tert-OH is 1. The van der Waals surface area contributed by atoms with Crippen molar-refractivity contribution in [1.82, 2.24) is 4.90 Å². The summed E-state index contributed by atoms with van der Waals surface area (Å²) in [5, 5.41) is 9.94. The van der Waals surface area contributed by atoms with E-state index in [1.54, 1.807) is 0 Å². The van der Waals surface area contributed by atoms with Gasteiger partial charge < -0.3 is 9.84 Å². The van der Waals surface area contributed by atoms with Gasteiger partial charge in [-0.2, -0.15) is 0 Å². The molecule has 2 atom stereocenters. The molecule has 0 aliphatic carbocycles. The van der Waals surface area contributed by atoms with E-state index in [0.29, 0.717) is 13.2 Å². The maximum Gasteiger partial charge on any atom is 0.0900 e. The maximum absolute atomic E-state index is 9.94. The molecule has 0 saturated carbocycles. The van der Waals surface area contributed by atoms with Gasteiger partial charge in [0.2, 0.25) is 0 Å². The third-order valence-electron chi connectivity index (χ3n) is 3.34. The Balaban J connectivity index is 2.48. The monoisotopic (exact) mass is 265 g/mol. The van der Waals surface area contributed by atoms with Crippen molar-refractivity contribution in [2.24, 2.45) is 0 Å². The van der Waals surface area contributed by atoms with Gasteiger partial charge in [0.05, 0.1) is 18.8 Å². The fraction of sp³-hybridized carbons (Fsp3) is 0.625. The zero-order valence-electron chi connectivity index (χ0n) is 12.8. The first kappa shape index (κ1) is 16.2. The van der Waals surface area contributed by atoms with Crippen LogP contribution in [0.5, 0.6) is 0 Å². The number of ether oxygens (including phenoxy) is 1. The van der Waals surface area contributed by atoms with Crippen LogP contribution in [0, 0.1) is 6.92 Å². The quantitative estimate of drug-likeness (QED) is 0.823. The summed E-state index contributed by atoms with van der Waals surface area (Å²) in [6.07, 6.45) is -0.283. The maximum atomic E-state index is 9.94. The molecule has 19 heavy (non-hydrogen) atoms. The Kier molecular flexibility index (Phi) is 6.49. The first-order chi connectivity index (χ1) is 8.90. The normalized spacial score (nSPS) is 14.9. The van der Waals surface area contributed by atoms with Crippen LogP contribution < -0.4 is 0 Å². The summed E-state index contributed by atoms with van der Waals surface area (Å²) in [5.74, 6) is 0. The molecule has 1 aromatic carbocycles. The molecule has 0 bridgehead atoms. The Morgan fingerprint density at radius 3 is 2.26 bits per heavy atom. The van der Waals surface area contributed by atoms with E-state index >= 15 is 0 Å². The van der Waals surface area contributed by atoms with Crippen LogP contribution in [-0.2, 0) is 4.74 Å². The van der Waals surface area contributed by atoms with Crippen molar-refractivity contribution in [3.63, 3.8) is 0 Å². The molecule has 0 spiro atoms. The van der Waals surface area contributed by atoms with Gasteiger partial charge in [0, 0.05) is 12.6 Å². The van der Waals surface area contributed by atoms with Crippen molar-refractivity contribution in [2.75, 3.05) is 20.2 Å². The number of benzene rings is 1.